The number of anilines is 1. The molecule has 0 spiro atoms. The summed E-state index contributed by atoms with van der Waals surface area (Å²) in [4.78, 5) is 16.0. The Morgan fingerprint density at radius 1 is 0.939 bits per heavy atom. The number of benzene rings is 2. The lowest BCUT2D eigenvalue weighted by Crippen LogP contribution is -2.17. The number of pyridine rings is 1. The van der Waals surface area contributed by atoms with E-state index in [1.165, 1.54) is 5.56 Å². The van der Waals surface area contributed by atoms with Crippen molar-refractivity contribution in [3.8, 4) is 5.69 Å². The second kappa shape index (κ2) is 8.38. The maximum absolute atomic E-state index is 13.0. The number of H-pyrrole nitrogens is 1. The van der Waals surface area contributed by atoms with E-state index < -0.39 is 0 Å². The van der Waals surface area contributed by atoms with Crippen LogP contribution in [0.4, 0.5) is 5.69 Å². The molecule has 2 N–H and O–H groups in total. The molecule has 0 aliphatic rings. The van der Waals surface area contributed by atoms with Gasteiger partial charge < -0.3 is 10.3 Å². The van der Waals surface area contributed by atoms with Crippen LogP contribution in [-0.4, -0.2) is 14.8 Å². The smallest absolute Gasteiger partial charge is 0.254 e. The first kappa shape index (κ1) is 23.1. The van der Waals surface area contributed by atoms with Crippen molar-refractivity contribution in [1.82, 2.24) is 14.8 Å². The first-order valence-electron chi connectivity index (χ1n) is 11.2. The molecule has 0 saturated carbocycles. The monoisotopic (exact) mass is 462 g/mol. The summed E-state index contributed by atoms with van der Waals surface area (Å²) in [6, 6.07) is 17.8. The van der Waals surface area contributed by atoms with Crippen LogP contribution in [0.2, 0.25) is 5.02 Å². The number of halogens is 1. The normalized spacial score (nSPS) is 12.3. The van der Waals surface area contributed by atoms with E-state index in [0.29, 0.717) is 22.8 Å². The van der Waals surface area contributed by atoms with Gasteiger partial charge in [0.15, 0.2) is 0 Å². The molecule has 0 unspecified atom stereocenters. The van der Waals surface area contributed by atoms with Crippen LogP contribution in [0.15, 0.2) is 59.4 Å². The molecule has 172 valence electrons. The highest BCUT2D eigenvalue weighted by molar-refractivity contribution is 6.30. The molecule has 0 fully saturated rings. The summed E-state index contributed by atoms with van der Waals surface area (Å²) in [5.41, 5.74) is 5.17. The number of rotatable bonds is 4. The zero-order valence-corrected chi connectivity index (χ0v) is 20.8. The molecule has 2 heterocycles. The predicted molar refractivity (Wildman–Crippen MR) is 138 cm³/mol. The first-order chi connectivity index (χ1) is 15.4. The molecular weight excluding hydrogens is 432 g/mol. The van der Waals surface area contributed by atoms with Gasteiger partial charge in [-0.05, 0) is 53.4 Å². The van der Waals surface area contributed by atoms with E-state index in [0.717, 1.165) is 22.5 Å². The molecule has 0 atom stereocenters. The van der Waals surface area contributed by atoms with Crippen molar-refractivity contribution >= 4 is 28.3 Å². The maximum Gasteiger partial charge on any atom is 0.254 e. The lowest BCUT2D eigenvalue weighted by Gasteiger charge is -2.19. The predicted octanol–water partition coefficient (Wildman–Crippen LogP) is 6.57. The Morgan fingerprint density at radius 2 is 1.58 bits per heavy atom. The van der Waals surface area contributed by atoms with Crippen LogP contribution in [0.5, 0.6) is 0 Å². The van der Waals surface area contributed by atoms with E-state index >= 15 is 0 Å². The highest BCUT2D eigenvalue weighted by atomic mass is 35.5. The molecule has 33 heavy (non-hydrogen) atoms. The van der Waals surface area contributed by atoms with E-state index in [-0.39, 0.29) is 16.4 Å². The van der Waals surface area contributed by atoms with Crippen molar-refractivity contribution < 1.29 is 0 Å². The number of nitrogens with zero attached hydrogens (tertiary/aromatic N) is 2. The molecule has 0 aliphatic carbocycles. The van der Waals surface area contributed by atoms with Crippen LogP contribution < -0.4 is 10.9 Å². The van der Waals surface area contributed by atoms with Gasteiger partial charge >= 0.3 is 0 Å². The van der Waals surface area contributed by atoms with Crippen LogP contribution in [0.3, 0.4) is 0 Å². The molecule has 5 nitrogen and oxygen atoms in total. The largest absolute Gasteiger partial charge is 0.381 e. The van der Waals surface area contributed by atoms with Crippen molar-refractivity contribution in [2.45, 2.75) is 58.9 Å². The van der Waals surface area contributed by atoms with Crippen molar-refractivity contribution in [1.29, 1.82) is 0 Å². The fourth-order valence-corrected chi connectivity index (χ4v) is 3.98. The summed E-state index contributed by atoms with van der Waals surface area (Å²) in [6.45, 7) is 13.4. The summed E-state index contributed by atoms with van der Waals surface area (Å²) in [5, 5.41) is 9.86. The Balaban J connectivity index is 1.71. The van der Waals surface area contributed by atoms with E-state index in [2.05, 4.69) is 76.1 Å². The summed E-state index contributed by atoms with van der Waals surface area (Å²) in [7, 11) is 0. The van der Waals surface area contributed by atoms with Crippen LogP contribution >= 0.6 is 11.6 Å². The highest BCUT2D eigenvalue weighted by Crippen LogP contribution is 2.30. The zero-order valence-electron chi connectivity index (χ0n) is 20.1. The van der Waals surface area contributed by atoms with Crippen molar-refractivity contribution in [3.63, 3.8) is 0 Å². The van der Waals surface area contributed by atoms with Gasteiger partial charge in [0.25, 0.3) is 5.56 Å². The Kier molecular flexibility index (Phi) is 5.87. The number of aromatic nitrogens is 3. The van der Waals surface area contributed by atoms with Gasteiger partial charge in [0.2, 0.25) is 0 Å². The molecule has 2 aromatic heterocycles. The topological polar surface area (TPSA) is 62.7 Å². The van der Waals surface area contributed by atoms with Gasteiger partial charge in [-0.2, -0.15) is 5.10 Å². The van der Waals surface area contributed by atoms with Gasteiger partial charge in [-0.1, -0.05) is 65.3 Å². The van der Waals surface area contributed by atoms with Gasteiger partial charge in [-0.25, -0.2) is 4.68 Å². The lowest BCUT2D eigenvalue weighted by atomic mass is 9.87. The Hall–Kier alpha value is -3.05. The van der Waals surface area contributed by atoms with Crippen LogP contribution in [0.1, 0.15) is 58.4 Å². The zero-order chi connectivity index (χ0) is 24.0. The second-order valence-electron chi connectivity index (χ2n) is 10.6. The Labute approximate surface area is 199 Å². The van der Waals surface area contributed by atoms with Gasteiger partial charge in [0.05, 0.1) is 11.4 Å². The SMILES string of the molecule is CC(C)(C)c1ccc(NCc2cc3c(C(C)(C)C)nn(-c4ccc(Cl)cc4)c3[nH]c2=O)cc1. The van der Waals surface area contributed by atoms with E-state index in [1.807, 2.05) is 30.3 Å². The minimum absolute atomic E-state index is 0.105. The van der Waals surface area contributed by atoms with Crippen LogP contribution in [0.25, 0.3) is 16.7 Å². The average Bonchev–Trinajstić information content (AvgIpc) is 3.11. The molecule has 4 rings (SSSR count). The minimum atomic E-state index is -0.193. The second-order valence-corrected chi connectivity index (χ2v) is 11.0. The summed E-state index contributed by atoms with van der Waals surface area (Å²) in [5.74, 6) is 0. The Morgan fingerprint density at radius 3 is 2.15 bits per heavy atom. The molecule has 4 aromatic rings. The molecule has 2 aromatic carbocycles. The number of hydrogen-bond donors (Lipinski definition) is 2. The maximum atomic E-state index is 13.0. The third-order valence-corrected chi connectivity index (χ3v) is 6.03. The highest BCUT2D eigenvalue weighted by Gasteiger charge is 2.24. The van der Waals surface area contributed by atoms with E-state index in [9.17, 15) is 4.79 Å². The standard InChI is InChI=1S/C27H31ClN4O/c1-26(2,3)18-7-11-20(12-8-18)29-16-17-15-22-23(27(4,5)6)31-32(24(22)30-25(17)33)21-13-9-19(28)10-14-21/h7-15,29H,16H2,1-6H3,(H,30,33). The van der Waals surface area contributed by atoms with Crippen molar-refractivity contribution in [2.24, 2.45) is 0 Å². The van der Waals surface area contributed by atoms with E-state index in [1.54, 1.807) is 4.68 Å². The van der Waals surface area contributed by atoms with Crippen LogP contribution in [0, 0.1) is 0 Å². The quantitative estimate of drug-likeness (QED) is 0.360. The number of aromatic amines is 1. The van der Waals surface area contributed by atoms with Crippen molar-refractivity contribution in [3.05, 3.63) is 86.8 Å². The average molecular weight is 463 g/mol. The molecule has 0 radical (unpaired) electrons. The van der Waals surface area contributed by atoms with Gasteiger partial charge in [0.1, 0.15) is 5.65 Å². The van der Waals surface area contributed by atoms with Crippen LogP contribution in [-0.2, 0) is 17.4 Å². The molecule has 0 amide bonds. The fraction of sp³-hybridized carbons (Fsp3) is 0.333. The molecule has 6 heteroatoms. The third-order valence-electron chi connectivity index (χ3n) is 5.78. The van der Waals surface area contributed by atoms with Gasteiger partial charge in [0, 0.05) is 33.6 Å². The Bertz CT molecular complexity index is 1340. The van der Waals surface area contributed by atoms with E-state index in [4.69, 9.17) is 16.7 Å². The number of fused-ring (bicyclic) bond motifs is 1. The molecule has 0 aliphatic heterocycles. The summed E-state index contributed by atoms with van der Waals surface area (Å²) < 4.78 is 1.79. The summed E-state index contributed by atoms with van der Waals surface area (Å²) in [6.07, 6.45) is 0. The number of nitrogens with one attached hydrogen (secondary N) is 2. The summed E-state index contributed by atoms with van der Waals surface area (Å²) >= 11 is 6.06. The number of hydrogen-bond acceptors (Lipinski definition) is 3. The van der Waals surface area contributed by atoms with Crippen molar-refractivity contribution in [2.75, 3.05) is 5.32 Å². The van der Waals surface area contributed by atoms with Gasteiger partial charge in [-0.3, -0.25) is 4.79 Å². The molecular formula is C27H31ClN4O. The first-order valence-corrected chi connectivity index (χ1v) is 11.6. The lowest BCUT2D eigenvalue weighted by molar-refractivity contribution is 0.565. The third kappa shape index (κ3) is 4.83. The van der Waals surface area contributed by atoms with Gasteiger partial charge in [-0.15, -0.1) is 0 Å². The molecule has 0 saturated heterocycles. The fourth-order valence-electron chi connectivity index (χ4n) is 3.85. The molecule has 0 bridgehead atoms. The minimum Gasteiger partial charge on any atom is -0.381 e.